The maximum atomic E-state index is 11.7. The van der Waals surface area contributed by atoms with Crippen molar-refractivity contribution in [3.05, 3.63) is 12.3 Å². The molecule has 8 N–H and O–H groups in total. The van der Waals surface area contributed by atoms with Crippen molar-refractivity contribution in [1.29, 1.82) is 0 Å². The van der Waals surface area contributed by atoms with Gasteiger partial charge in [0.05, 0.1) is 12.3 Å². The van der Waals surface area contributed by atoms with Gasteiger partial charge in [0.15, 0.2) is 0 Å². The van der Waals surface area contributed by atoms with Crippen LogP contribution < -0.4 is 27.0 Å². The molecule has 29 heavy (non-hydrogen) atoms. The zero-order valence-electron chi connectivity index (χ0n) is 16.7. The van der Waals surface area contributed by atoms with Crippen molar-refractivity contribution in [2.75, 3.05) is 13.6 Å². The number of hydrogen-bond donors (Lipinski definition) is 7. The molecule has 1 fully saturated rings. The van der Waals surface area contributed by atoms with Crippen molar-refractivity contribution < 1.29 is 19.8 Å². The van der Waals surface area contributed by atoms with E-state index < -0.39 is 17.9 Å². The van der Waals surface area contributed by atoms with Gasteiger partial charge < -0.3 is 31.9 Å². The lowest BCUT2D eigenvalue weighted by atomic mass is 10.1. The average molecular weight is 405 g/mol. The monoisotopic (exact) mass is 405 g/mol. The van der Waals surface area contributed by atoms with Gasteiger partial charge in [-0.3, -0.25) is 10.1 Å². The molecule has 0 bridgehead atoms. The number of hydrogen-bond acceptors (Lipinski definition) is 7. The minimum Gasteiger partial charge on any atom is -0.480 e. The summed E-state index contributed by atoms with van der Waals surface area (Å²) in [6.07, 6.45) is 7.14. The van der Waals surface area contributed by atoms with E-state index in [2.05, 4.69) is 44.9 Å². The average Bonchev–Trinajstić information content (AvgIpc) is 3.37. The fourth-order valence-electron chi connectivity index (χ4n) is 2.40. The van der Waals surface area contributed by atoms with E-state index in [0.29, 0.717) is 13.0 Å². The predicted octanol–water partition coefficient (Wildman–Crippen LogP) is -1.20. The number of carbonyl (C=O) groups is 2. The second-order valence-electron chi connectivity index (χ2n) is 6.70. The Hall–Kier alpha value is -2.56. The predicted molar refractivity (Wildman–Crippen MR) is 110 cm³/mol. The molecule has 4 unspecified atom stereocenters. The SMILES string of the molecule is CNCC(O)CCCCCC#CC#CC(=O)NC(C/C=C/NC1NC1N)C(=O)O. The summed E-state index contributed by atoms with van der Waals surface area (Å²) in [4.78, 5) is 22.9. The Morgan fingerprint density at radius 1 is 1.28 bits per heavy atom. The van der Waals surface area contributed by atoms with Gasteiger partial charge in [-0.2, -0.15) is 0 Å². The second-order valence-corrected chi connectivity index (χ2v) is 6.70. The summed E-state index contributed by atoms with van der Waals surface area (Å²) < 4.78 is 0. The Balaban J connectivity index is 2.21. The second kappa shape index (κ2) is 14.4. The van der Waals surface area contributed by atoms with Gasteiger partial charge in [0.1, 0.15) is 12.2 Å². The standard InChI is InChI=1S/C20H31N5O4/c1-22-14-15(26)10-7-5-3-2-4-6-8-12-17(27)24-16(20(28)29)11-9-13-23-19-18(21)25-19/h9,13,15-16,18-19,22-23,25-26H,2-3,5,7,10-11,14,21H2,1H3,(H,24,27)(H,28,29)/b13-9+. The number of nitrogens with one attached hydrogen (secondary N) is 4. The third-order valence-electron chi connectivity index (χ3n) is 4.10. The third kappa shape index (κ3) is 12.5. The molecule has 0 saturated carbocycles. The van der Waals surface area contributed by atoms with Crippen LogP contribution in [0, 0.1) is 23.7 Å². The molecule has 1 rings (SSSR count). The summed E-state index contributed by atoms with van der Waals surface area (Å²) in [5, 5.41) is 29.9. The molecule has 0 aromatic rings. The smallest absolute Gasteiger partial charge is 0.326 e. The molecule has 0 radical (unpaired) electrons. The highest BCUT2D eigenvalue weighted by Gasteiger charge is 2.30. The van der Waals surface area contributed by atoms with E-state index in [1.807, 2.05) is 0 Å². The van der Waals surface area contributed by atoms with Crippen LogP contribution in [-0.2, 0) is 9.59 Å². The molecule has 9 nitrogen and oxygen atoms in total. The molecular weight excluding hydrogens is 374 g/mol. The van der Waals surface area contributed by atoms with Crippen LogP contribution in [-0.4, -0.2) is 60.2 Å². The van der Waals surface area contributed by atoms with Crippen molar-refractivity contribution in [2.45, 2.75) is 63.0 Å². The zero-order valence-corrected chi connectivity index (χ0v) is 16.7. The van der Waals surface area contributed by atoms with Crippen molar-refractivity contribution >= 4 is 11.9 Å². The summed E-state index contributed by atoms with van der Waals surface area (Å²) in [5.74, 6) is 8.34. The molecule has 0 aliphatic carbocycles. The number of likely N-dealkylation sites (N-methyl/N-ethyl adjacent to an activating group) is 1. The molecule has 0 aromatic heterocycles. The molecule has 4 atom stereocenters. The van der Waals surface area contributed by atoms with Gasteiger partial charge in [0, 0.05) is 18.9 Å². The largest absolute Gasteiger partial charge is 0.480 e. The number of unbranched alkanes of at least 4 members (excludes halogenated alkanes) is 3. The molecule has 1 aliphatic heterocycles. The summed E-state index contributed by atoms with van der Waals surface area (Å²) in [7, 11) is 1.81. The number of nitrogens with two attached hydrogens (primary N) is 1. The fourth-order valence-corrected chi connectivity index (χ4v) is 2.40. The number of rotatable bonds is 13. The van der Waals surface area contributed by atoms with E-state index in [-0.39, 0.29) is 24.9 Å². The number of aliphatic hydroxyl groups excluding tert-OH is 1. The normalized spacial score (nSPS) is 19.3. The van der Waals surface area contributed by atoms with Crippen molar-refractivity contribution in [3.8, 4) is 23.7 Å². The number of carboxylic acids is 1. The lowest BCUT2D eigenvalue weighted by Crippen LogP contribution is -2.39. The van der Waals surface area contributed by atoms with E-state index in [0.717, 1.165) is 25.7 Å². The van der Waals surface area contributed by atoms with Crippen molar-refractivity contribution in [3.63, 3.8) is 0 Å². The first kappa shape index (κ1) is 24.5. The highest BCUT2D eigenvalue weighted by Crippen LogP contribution is 2.05. The Morgan fingerprint density at radius 3 is 2.69 bits per heavy atom. The maximum absolute atomic E-state index is 11.7. The molecule has 160 valence electrons. The van der Waals surface area contributed by atoms with E-state index in [9.17, 15) is 14.7 Å². The summed E-state index contributed by atoms with van der Waals surface area (Å²) >= 11 is 0. The van der Waals surface area contributed by atoms with Gasteiger partial charge in [-0.15, -0.1) is 0 Å². The van der Waals surface area contributed by atoms with Gasteiger partial charge in [-0.05, 0) is 44.4 Å². The number of aliphatic hydroxyl groups is 1. The summed E-state index contributed by atoms with van der Waals surface area (Å²) in [5.41, 5.74) is 5.55. The third-order valence-corrected chi connectivity index (χ3v) is 4.10. The highest BCUT2D eigenvalue weighted by molar-refractivity contribution is 5.96. The summed E-state index contributed by atoms with van der Waals surface area (Å²) in [6, 6.07) is -1.07. The van der Waals surface area contributed by atoms with Crippen LogP contribution in [0.2, 0.25) is 0 Å². The first-order valence-corrected chi connectivity index (χ1v) is 9.71. The maximum Gasteiger partial charge on any atom is 0.326 e. The molecule has 0 aromatic carbocycles. The Morgan fingerprint density at radius 2 is 2.03 bits per heavy atom. The van der Waals surface area contributed by atoms with Crippen LogP contribution in [0.4, 0.5) is 0 Å². The van der Waals surface area contributed by atoms with Gasteiger partial charge >= 0.3 is 5.97 Å². The molecule has 1 saturated heterocycles. The minimum absolute atomic E-state index is 0.00138. The Bertz CT molecular complexity index is 674. The molecule has 1 amide bonds. The molecule has 1 heterocycles. The van der Waals surface area contributed by atoms with Crippen molar-refractivity contribution in [1.82, 2.24) is 21.3 Å². The van der Waals surface area contributed by atoms with Crippen LogP contribution in [0.25, 0.3) is 0 Å². The Labute approximate surface area is 171 Å². The van der Waals surface area contributed by atoms with Gasteiger partial charge in [0.2, 0.25) is 0 Å². The first-order chi connectivity index (χ1) is 13.9. The molecular formula is C20H31N5O4. The minimum atomic E-state index is -1.14. The van der Waals surface area contributed by atoms with Crippen LogP contribution in [0.15, 0.2) is 12.3 Å². The number of carboxylic acid groups (broad SMARTS) is 1. The van der Waals surface area contributed by atoms with Gasteiger partial charge in [-0.25, -0.2) is 4.79 Å². The number of amides is 1. The topological polar surface area (TPSA) is 159 Å². The molecule has 9 heteroatoms. The zero-order chi connectivity index (χ0) is 21.5. The van der Waals surface area contributed by atoms with Crippen LogP contribution in [0.3, 0.4) is 0 Å². The molecule has 0 spiro atoms. The lowest BCUT2D eigenvalue weighted by Gasteiger charge is -2.09. The highest BCUT2D eigenvalue weighted by atomic mass is 16.4. The van der Waals surface area contributed by atoms with Crippen LogP contribution in [0.1, 0.15) is 38.5 Å². The van der Waals surface area contributed by atoms with Crippen LogP contribution >= 0.6 is 0 Å². The van der Waals surface area contributed by atoms with Crippen LogP contribution in [0.5, 0.6) is 0 Å². The van der Waals surface area contributed by atoms with E-state index in [1.165, 1.54) is 0 Å². The fraction of sp³-hybridized carbons (Fsp3) is 0.600. The quantitative estimate of drug-likeness (QED) is 0.114. The lowest BCUT2D eigenvalue weighted by molar-refractivity contribution is -0.141. The van der Waals surface area contributed by atoms with E-state index in [1.54, 1.807) is 19.3 Å². The van der Waals surface area contributed by atoms with Crippen molar-refractivity contribution in [2.24, 2.45) is 5.73 Å². The van der Waals surface area contributed by atoms with Gasteiger partial charge in [0.25, 0.3) is 5.91 Å². The molecule has 1 aliphatic rings. The number of aliphatic carboxylic acids is 1. The first-order valence-electron chi connectivity index (χ1n) is 9.71. The summed E-state index contributed by atoms with van der Waals surface area (Å²) in [6.45, 7) is 0.597. The van der Waals surface area contributed by atoms with E-state index >= 15 is 0 Å². The Kier molecular flexibility index (Phi) is 12.2. The van der Waals surface area contributed by atoms with Gasteiger partial charge in [-0.1, -0.05) is 24.8 Å². The number of carbonyl (C=O) groups excluding carboxylic acids is 1. The van der Waals surface area contributed by atoms with E-state index in [4.69, 9.17) is 10.8 Å².